The lowest BCUT2D eigenvalue weighted by Crippen LogP contribution is -2.45. The van der Waals surface area contributed by atoms with Gasteiger partial charge in [0, 0.05) is 5.56 Å². The minimum atomic E-state index is -1.50. The molecule has 222 valence electrons. The van der Waals surface area contributed by atoms with Crippen LogP contribution in [0.15, 0.2) is 24.3 Å². The van der Waals surface area contributed by atoms with E-state index in [1.54, 1.807) is 0 Å². The molecule has 2 fully saturated rings. The predicted molar refractivity (Wildman–Crippen MR) is 164 cm³/mol. The van der Waals surface area contributed by atoms with Crippen LogP contribution in [-0.2, 0) is 36.4 Å². The fraction of sp³-hybridized carbons (Fsp3) is 0.625. The molecule has 40 heavy (non-hydrogen) atoms. The summed E-state index contributed by atoms with van der Waals surface area (Å²) in [5.41, 5.74) is 6.79. The van der Waals surface area contributed by atoms with E-state index in [0.29, 0.717) is 38.3 Å². The van der Waals surface area contributed by atoms with Crippen LogP contribution in [-0.4, -0.2) is 26.4 Å². The molecule has 6 nitrogen and oxygen atoms in total. The molecule has 2 aromatic rings. The highest BCUT2D eigenvalue weighted by atomic mass is 31.2. The monoisotopic (exact) mass is 590 g/mol. The smallest absolute Gasteiger partial charge is 0.397 e. The number of rotatable bonds is 8. The van der Waals surface area contributed by atoms with E-state index in [4.69, 9.17) is 27.1 Å². The van der Waals surface area contributed by atoms with E-state index < -0.39 is 17.2 Å². The Balaban J connectivity index is 1.39. The Morgan fingerprint density at radius 1 is 0.700 bits per heavy atom. The zero-order chi connectivity index (χ0) is 29.2. The Kier molecular flexibility index (Phi) is 10.2. The van der Waals surface area contributed by atoms with Crippen LogP contribution in [0.4, 0.5) is 0 Å². The second-order valence-electron chi connectivity index (χ2n) is 13.5. The van der Waals surface area contributed by atoms with Gasteiger partial charge in [0.05, 0.1) is 31.8 Å². The first-order valence-corrected chi connectivity index (χ1v) is 16.7. The van der Waals surface area contributed by atoms with Gasteiger partial charge in [-0.05, 0) is 67.6 Å². The summed E-state index contributed by atoms with van der Waals surface area (Å²) < 4.78 is 37.5. The third-order valence-electron chi connectivity index (χ3n) is 7.11. The summed E-state index contributed by atoms with van der Waals surface area (Å²) in [6, 6.07) is 8.82. The summed E-state index contributed by atoms with van der Waals surface area (Å²) in [5.74, 6) is 2.85. The second kappa shape index (κ2) is 12.9. The first-order chi connectivity index (χ1) is 18.7. The SMILES string of the molecule is Cc1cc(CC(C)C)c(OP2OCC3(CO2)COP(Oc2c(C)cc(C)cc2C(C)(C)C)OC3)c(CC(C)C)c1. The van der Waals surface area contributed by atoms with Gasteiger partial charge in [-0.15, -0.1) is 0 Å². The summed E-state index contributed by atoms with van der Waals surface area (Å²) in [5, 5.41) is 0. The van der Waals surface area contributed by atoms with Crippen LogP contribution in [0, 0.1) is 38.0 Å². The third kappa shape index (κ3) is 7.97. The molecule has 0 amide bonds. The number of benzene rings is 2. The van der Waals surface area contributed by atoms with Gasteiger partial charge in [-0.3, -0.25) is 0 Å². The summed E-state index contributed by atoms with van der Waals surface area (Å²) in [6.45, 7) is 23.7. The van der Waals surface area contributed by atoms with Crippen LogP contribution in [0.2, 0.25) is 0 Å². The van der Waals surface area contributed by atoms with Gasteiger partial charge in [0.25, 0.3) is 0 Å². The molecule has 0 saturated carbocycles. The molecule has 0 aliphatic carbocycles. The largest absolute Gasteiger partial charge is 0.426 e. The Morgan fingerprint density at radius 3 is 1.55 bits per heavy atom. The van der Waals surface area contributed by atoms with Crippen molar-refractivity contribution < 1.29 is 27.1 Å². The molecule has 0 atom stereocenters. The molecule has 0 N–H and O–H groups in total. The zero-order valence-electron chi connectivity index (χ0n) is 26.1. The summed E-state index contributed by atoms with van der Waals surface area (Å²) in [7, 11) is -3.01. The van der Waals surface area contributed by atoms with E-state index in [9.17, 15) is 0 Å². The van der Waals surface area contributed by atoms with E-state index in [2.05, 4.69) is 93.5 Å². The molecule has 4 rings (SSSR count). The van der Waals surface area contributed by atoms with Gasteiger partial charge >= 0.3 is 17.2 Å². The van der Waals surface area contributed by atoms with E-state index in [1.807, 2.05) is 0 Å². The number of hydrogen-bond donors (Lipinski definition) is 0. The number of hydrogen-bond acceptors (Lipinski definition) is 6. The molecular weight excluding hydrogens is 542 g/mol. The summed E-state index contributed by atoms with van der Waals surface area (Å²) in [4.78, 5) is 0. The van der Waals surface area contributed by atoms with Gasteiger partial charge in [-0.1, -0.05) is 83.9 Å². The molecule has 8 heteroatoms. The van der Waals surface area contributed by atoms with Crippen molar-refractivity contribution in [2.75, 3.05) is 26.4 Å². The average molecular weight is 591 g/mol. The predicted octanol–water partition coefficient (Wildman–Crippen LogP) is 9.30. The van der Waals surface area contributed by atoms with Crippen molar-refractivity contribution >= 4 is 17.2 Å². The molecule has 1 spiro atoms. The average Bonchev–Trinajstić information content (AvgIpc) is 2.84. The summed E-state index contributed by atoms with van der Waals surface area (Å²) >= 11 is 0. The Bertz CT molecular complexity index is 1120. The quantitative estimate of drug-likeness (QED) is 0.286. The standard InChI is InChI=1S/C32H48O6P2/c1-21(2)11-26-14-24(6)15-27(12-22(3)4)30(26)38-40-35-19-32(20-36-40)17-33-39(34-18-32)37-29-25(7)13-23(5)16-28(29)31(8,9)10/h13-16,21-22H,11-12,17-20H2,1-10H3. The van der Waals surface area contributed by atoms with Gasteiger partial charge in [-0.2, -0.15) is 0 Å². The molecule has 2 saturated heterocycles. The Hall–Kier alpha value is -1.26. The minimum Gasteiger partial charge on any atom is -0.426 e. The van der Waals surface area contributed by atoms with Crippen molar-refractivity contribution in [1.82, 2.24) is 0 Å². The van der Waals surface area contributed by atoms with Crippen molar-refractivity contribution in [3.8, 4) is 11.5 Å². The second-order valence-corrected chi connectivity index (χ2v) is 15.8. The maximum absolute atomic E-state index is 6.49. The molecule has 2 aliphatic rings. The molecule has 2 heterocycles. The third-order valence-corrected chi connectivity index (χ3v) is 9.13. The maximum Gasteiger partial charge on any atom is 0.397 e. The molecular formula is C32H48O6P2. The first-order valence-electron chi connectivity index (χ1n) is 14.5. The molecule has 0 bridgehead atoms. The highest BCUT2D eigenvalue weighted by molar-refractivity contribution is 7.42. The van der Waals surface area contributed by atoms with Crippen LogP contribution >= 0.6 is 17.2 Å². The highest BCUT2D eigenvalue weighted by Gasteiger charge is 2.45. The van der Waals surface area contributed by atoms with Gasteiger partial charge in [0.15, 0.2) is 0 Å². The normalized spacial score (nSPS) is 23.7. The zero-order valence-corrected chi connectivity index (χ0v) is 27.8. The molecule has 0 aromatic heterocycles. The van der Waals surface area contributed by atoms with E-state index in [-0.39, 0.29) is 10.8 Å². The van der Waals surface area contributed by atoms with Gasteiger partial charge in [0.2, 0.25) is 0 Å². The van der Waals surface area contributed by atoms with Crippen molar-refractivity contribution in [2.24, 2.45) is 17.3 Å². The van der Waals surface area contributed by atoms with Gasteiger partial charge in [-0.25, -0.2) is 0 Å². The fourth-order valence-electron chi connectivity index (χ4n) is 5.20. The van der Waals surface area contributed by atoms with Crippen molar-refractivity contribution in [3.05, 3.63) is 57.6 Å². The van der Waals surface area contributed by atoms with Crippen LogP contribution in [0.5, 0.6) is 11.5 Å². The fourth-order valence-corrected chi connectivity index (χ4v) is 7.85. The van der Waals surface area contributed by atoms with Gasteiger partial charge in [0.1, 0.15) is 11.5 Å². The first kappa shape index (κ1) is 31.7. The Morgan fingerprint density at radius 2 is 1.12 bits per heavy atom. The van der Waals surface area contributed by atoms with E-state index >= 15 is 0 Å². The highest BCUT2D eigenvalue weighted by Crippen LogP contribution is 2.55. The molecule has 2 aromatic carbocycles. The van der Waals surface area contributed by atoms with Crippen LogP contribution in [0.1, 0.15) is 81.8 Å². The lowest BCUT2D eigenvalue weighted by atomic mass is 9.84. The van der Waals surface area contributed by atoms with E-state index in [1.165, 1.54) is 22.3 Å². The number of aryl methyl sites for hydroxylation is 3. The molecule has 0 unspecified atom stereocenters. The van der Waals surface area contributed by atoms with Crippen LogP contribution in [0.25, 0.3) is 0 Å². The maximum atomic E-state index is 6.49. The van der Waals surface area contributed by atoms with Crippen molar-refractivity contribution in [3.63, 3.8) is 0 Å². The van der Waals surface area contributed by atoms with Crippen LogP contribution in [0.3, 0.4) is 0 Å². The molecule has 0 radical (unpaired) electrons. The lowest BCUT2D eigenvalue weighted by molar-refractivity contribution is -0.0674. The summed E-state index contributed by atoms with van der Waals surface area (Å²) in [6.07, 6.45) is 1.91. The van der Waals surface area contributed by atoms with Crippen molar-refractivity contribution in [2.45, 2.75) is 87.5 Å². The lowest BCUT2D eigenvalue weighted by Gasteiger charge is -2.41. The Labute approximate surface area is 244 Å². The van der Waals surface area contributed by atoms with Gasteiger partial charge < -0.3 is 27.1 Å². The van der Waals surface area contributed by atoms with Crippen molar-refractivity contribution in [1.29, 1.82) is 0 Å². The molecule has 2 aliphatic heterocycles. The van der Waals surface area contributed by atoms with Crippen LogP contribution < -0.4 is 9.05 Å². The topological polar surface area (TPSA) is 55.4 Å². The van der Waals surface area contributed by atoms with E-state index in [0.717, 1.165) is 35.5 Å². The minimum absolute atomic E-state index is 0.0534.